The second-order valence-corrected chi connectivity index (χ2v) is 7.45. The zero-order valence-corrected chi connectivity index (χ0v) is 17.9. The van der Waals surface area contributed by atoms with Crippen LogP contribution in [0.1, 0.15) is 34.9 Å². The lowest BCUT2D eigenvalue weighted by Crippen LogP contribution is -2.40. The molecule has 0 fully saturated rings. The van der Waals surface area contributed by atoms with Crippen LogP contribution in [0.4, 0.5) is 0 Å². The summed E-state index contributed by atoms with van der Waals surface area (Å²) in [6.45, 7) is 8.08. The second kappa shape index (κ2) is 10.3. The van der Waals surface area contributed by atoms with Crippen molar-refractivity contribution in [3.05, 3.63) is 45.4 Å². The first-order valence-corrected chi connectivity index (χ1v) is 9.91. The molecular weight excluding hydrogens is 360 g/mol. The number of thiazole rings is 1. The molecule has 0 aliphatic rings. The molecule has 1 unspecified atom stereocenters. The number of ether oxygens (including phenoxy) is 2. The van der Waals surface area contributed by atoms with E-state index in [1.54, 1.807) is 25.5 Å². The molecule has 1 aromatic carbocycles. The Morgan fingerprint density at radius 3 is 2.63 bits per heavy atom. The average molecular weight is 391 g/mol. The third-order valence-electron chi connectivity index (χ3n) is 4.09. The van der Waals surface area contributed by atoms with E-state index in [-0.39, 0.29) is 6.10 Å². The van der Waals surface area contributed by atoms with Crippen molar-refractivity contribution in [2.75, 3.05) is 34.4 Å². The number of methoxy groups -OCH3 is 1. The van der Waals surface area contributed by atoms with Gasteiger partial charge in [0.1, 0.15) is 23.5 Å². The van der Waals surface area contributed by atoms with Gasteiger partial charge in [-0.1, -0.05) is 6.07 Å². The number of nitrogens with zero attached hydrogens (tertiary/aromatic N) is 3. The van der Waals surface area contributed by atoms with Gasteiger partial charge in [0.2, 0.25) is 0 Å². The molecule has 0 bridgehead atoms. The first-order chi connectivity index (χ1) is 12.9. The van der Waals surface area contributed by atoms with Crippen LogP contribution < -0.4 is 10.1 Å². The molecule has 0 aliphatic carbocycles. The quantitative estimate of drug-likeness (QED) is 0.424. The van der Waals surface area contributed by atoms with E-state index < -0.39 is 0 Å². The largest absolute Gasteiger partial charge is 0.492 e. The van der Waals surface area contributed by atoms with Crippen molar-refractivity contribution in [1.29, 1.82) is 0 Å². The Labute approximate surface area is 166 Å². The second-order valence-electron chi connectivity index (χ2n) is 6.56. The van der Waals surface area contributed by atoms with Gasteiger partial charge in [0, 0.05) is 26.6 Å². The third kappa shape index (κ3) is 6.52. The summed E-state index contributed by atoms with van der Waals surface area (Å²) in [5, 5.41) is 6.39. The molecule has 6 nitrogen and oxygen atoms in total. The maximum absolute atomic E-state index is 5.84. The lowest BCUT2D eigenvalue weighted by atomic mass is 10.1. The van der Waals surface area contributed by atoms with Gasteiger partial charge in [-0.3, -0.25) is 4.99 Å². The molecule has 7 heteroatoms. The number of rotatable bonds is 8. The van der Waals surface area contributed by atoms with Gasteiger partial charge in [-0.05, 0) is 44.0 Å². The van der Waals surface area contributed by atoms with Gasteiger partial charge < -0.3 is 19.7 Å². The number of aromatic nitrogens is 1. The zero-order valence-electron chi connectivity index (χ0n) is 17.1. The van der Waals surface area contributed by atoms with Crippen molar-refractivity contribution in [3.8, 4) is 5.75 Å². The molecular formula is C20H30N4O2S. The summed E-state index contributed by atoms with van der Waals surface area (Å²) in [5.74, 6) is 1.72. The van der Waals surface area contributed by atoms with E-state index in [9.17, 15) is 0 Å². The number of aryl methyl sites for hydroxylation is 2. The minimum Gasteiger partial charge on any atom is -0.492 e. The molecule has 0 saturated heterocycles. The molecule has 1 aromatic heterocycles. The van der Waals surface area contributed by atoms with Gasteiger partial charge in [-0.2, -0.15) is 0 Å². The van der Waals surface area contributed by atoms with Crippen LogP contribution in [0, 0.1) is 13.8 Å². The molecule has 148 valence electrons. The fourth-order valence-electron chi connectivity index (χ4n) is 2.73. The van der Waals surface area contributed by atoms with Crippen LogP contribution in [-0.4, -0.2) is 50.2 Å². The van der Waals surface area contributed by atoms with E-state index >= 15 is 0 Å². The Kier molecular flexibility index (Phi) is 8.06. The summed E-state index contributed by atoms with van der Waals surface area (Å²) in [4.78, 5) is 11.0. The van der Waals surface area contributed by atoms with E-state index in [0.29, 0.717) is 19.7 Å². The van der Waals surface area contributed by atoms with Crippen molar-refractivity contribution in [2.24, 2.45) is 4.99 Å². The lowest BCUT2D eigenvalue weighted by molar-refractivity contribution is 0.119. The summed E-state index contributed by atoms with van der Waals surface area (Å²) in [6, 6.07) is 6.24. The van der Waals surface area contributed by atoms with Crippen LogP contribution in [0.3, 0.4) is 0 Å². The number of benzene rings is 1. The number of nitrogens with one attached hydrogen (secondary N) is 1. The minimum atomic E-state index is 0.0221. The maximum Gasteiger partial charge on any atom is 0.193 e. The van der Waals surface area contributed by atoms with Crippen LogP contribution in [0.25, 0.3) is 0 Å². The molecule has 0 aliphatic heterocycles. The van der Waals surface area contributed by atoms with Crippen LogP contribution >= 0.6 is 11.3 Å². The molecule has 1 atom stereocenters. The predicted octanol–water partition coefficient (Wildman–Crippen LogP) is 3.55. The molecule has 2 rings (SSSR count). The minimum absolute atomic E-state index is 0.0221. The van der Waals surface area contributed by atoms with Crippen LogP contribution in [-0.2, 0) is 11.3 Å². The highest BCUT2D eigenvalue weighted by Gasteiger charge is 2.12. The van der Waals surface area contributed by atoms with E-state index in [4.69, 9.17) is 9.47 Å². The Morgan fingerprint density at radius 1 is 1.30 bits per heavy atom. The molecule has 1 N–H and O–H groups in total. The van der Waals surface area contributed by atoms with Crippen molar-refractivity contribution >= 4 is 17.3 Å². The van der Waals surface area contributed by atoms with Crippen molar-refractivity contribution in [2.45, 2.75) is 33.4 Å². The van der Waals surface area contributed by atoms with E-state index in [0.717, 1.165) is 22.4 Å². The number of guanidine groups is 1. The Hall–Kier alpha value is -2.12. The highest BCUT2D eigenvalue weighted by Crippen LogP contribution is 2.21. The topological polar surface area (TPSA) is 59.0 Å². The monoisotopic (exact) mass is 390 g/mol. The zero-order chi connectivity index (χ0) is 19.8. The van der Waals surface area contributed by atoms with Gasteiger partial charge >= 0.3 is 0 Å². The third-order valence-corrected chi connectivity index (χ3v) is 5.15. The highest BCUT2D eigenvalue weighted by molar-refractivity contribution is 7.09. The normalized spacial score (nSPS) is 12.7. The number of hydrogen-bond acceptors (Lipinski definition) is 5. The summed E-state index contributed by atoms with van der Waals surface area (Å²) < 4.78 is 11.2. The lowest BCUT2D eigenvalue weighted by Gasteiger charge is -2.21. The Morgan fingerprint density at radius 2 is 2.00 bits per heavy atom. The molecule has 2 aromatic rings. The summed E-state index contributed by atoms with van der Waals surface area (Å²) >= 11 is 1.62. The predicted molar refractivity (Wildman–Crippen MR) is 112 cm³/mol. The summed E-state index contributed by atoms with van der Waals surface area (Å²) in [7, 11) is 5.48. The molecule has 0 saturated carbocycles. The van der Waals surface area contributed by atoms with Crippen LogP contribution in [0.15, 0.2) is 28.6 Å². The van der Waals surface area contributed by atoms with Gasteiger partial charge in [0.05, 0.1) is 18.8 Å². The number of aliphatic imine (C=N–C) groups is 1. The molecule has 27 heavy (non-hydrogen) atoms. The van der Waals surface area contributed by atoms with Crippen LogP contribution in [0.2, 0.25) is 0 Å². The van der Waals surface area contributed by atoms with Gasteiger partial charge in [-0.25, -0.2) is 4.98 Å². The van der Waals surface area contributed by atoms with E-state index in [1.807, 2.05) is 18.9 Å². The smallest absolute Gasteiger partial charge is 0.193 e. The van der Waals surface area contributed by atoms with Crippen molar-refractivity contribution in [1.82, 2.24) is 15.2 Å². The van der Waals surface area contributed by atoms with E-state index in [2.05, 4.69) is 52.7 Å². The number of hydrogen-bond donors (Lipinski definition) is 1. The molecule has 1 heterocycles. The van der Waals surface area contributed by atoms with Gasteiger partial charge in [0.15, 0.2) is 5.96 Å². The fraction of sp³-hybridized carbons (Fsp3) is 0.500. The maximum atomic E-state index is 5.84. The summed E-state index contributed by atoms with van der Waals surface area (Å²) in [5.41, 5.74) is 3.42. The standard InChI is InChI=1S/C20H30N4O2S/c1-14-9-15(2)11-18(10-14)26-8-7-22-20(21-4)24(5)12-17-13-27-19(23-17)16(3)25-6/h9-11,13,16H,7-8,12H2,1-6H3,(H,21,22). The summed E-state index contributed by atoms with van der Waals surface area (Å²) in [6.07, 6.45) is 0.0221. The molecule has 0 spiro atoms. The first kappa shape index (κ1) is 21.2. The van der Waals surface area contributed by atoms with Gasteiger partial charge in [-0.15, -0.1) is 11.3 Å². The van der Waals surface area contributed by atoms with Gasteiger partial charge in [0.25, 0.3) is 0 Å². The van der Waals surface area contributed by atoms with E-state index in [1.165, 1.54) is 11.1 Å². The van der Waals surface area contributed by atoms with Crippen LogP contribution in [0.5, 0.6) is 5.75 Å². The Balaban J connectivity index is 1.81. The highest BCUT2D eigenvalue weighted by atomic mass is 32.1. The molecule has 0 amide bonds. The Bertz CT molecular complexity index is 740. The SMILES string of the molecule is CN=C(NCCOc1cc(C)cc(C)c1)N(C)Cc1csc(C(C)OC)n1. The first-order valence-electron chi connectivity index (χ1n) is 9.03. The molecule has 0 radical (unpaired) electrons. The van der Waals surface area contributed by atoms with Crippen molar-refractivity contribution < 1.29 is 9.47 Å². The fourth-order valence-corrected chi connectivity index (χ4v) is 3.58. The van der Waals surface area contributed by atoms with Crippen molar-refractivity contribution in [3.63, 3.8) is 0 Å². The average Bonchev–Trinajstić information content (AvgIpc) is 3.08.